The van der Waals surface area contributed by atoms with Gasteiger partial charge in [0, 0.05) is 30.9 Å². The molecule has 1 aromatic carbocycles. The molecule has 18 heavy (non-hydrogen) atoms. The first-order valence-electron chi connectivity index (χ1n) is 4.94. The van der Waals surface area contributed by atoms with Crippen LogP contribution in [0, 0.1) is 17.5 Å². The quantitative estimate of drug-likeness (QED) is 0.935. The van der Waals surface area contributed by atoms with Gasteiger partial charge in [0.1, 0.15) is 17.5 Å². The van der Waals surface area contributed by atoms with E-state index in [0.29, 0.717) is 12.1 Å². The van der Waals surface area contributed by atoms with Crippen LogP contribution in [0.15, 0.2) is 24.5 Å². The predicted octanol–water partition coefficient (Wildman–Crippen LogP) is 2.81. The van der Waals surface area contributed by atoms with Gasteiger partial charge in [0.25, 0.3) is 0 Å². The molecular weight excluding hydrogens is 267 g/mol. The average molecular weight is 278 g/mol. The summed E-state index contributed by atoms with van der Waals surface area (Å²) in [5.74, 6) is -2.76. The van der Waals surface area contributed by atoms with Gasteiger partial charge in [-0.05, 0) is 0 Å². The highest BCUT2D eigenvalue weighted by Crippen LogP contribution is 2.16. The van der Waals surface area contributed by atoms with Crippen LogP contribution >= 0.6 is 12.4 Å². The maximum absolute atomic E-state index is 13.3. The summed E-state index contributed by atoms with van der Waals surface area (Å²) in [6, 6.07) is 1.31. The van der Waals surface area contributed by atoms with Crippen LogP contribution in [-0.2, 0) is 6.54 Å². The zero-order valence-electron chi connectivity index (χ0n) is 9.45. The Labute approximate surface area is 108 Å². The highest BCUT2D eigenvalue weighted by molar-refractivity contribution is 5.85. The van der Waals surface area contributed by atoms with Crippen molar-refractivity contribution < 1.29 is 13.2 Å². The van der Waals surface area contributed by atoms with Gasteiger partial charge in [0.2, 0.25) is 0 Å². The molecule has 0 aliphatic carbocycles. The number of anilines is 1. The highest BCUT2D eigenvalue weighted by Gasteiger charge is 2.12. The van der Waals surface area contributed by atoms with Gasteiger partial charge in [-0.25, -0.2) is 13.2 Å². The second-order valence-electron chi connectivity index (χ2n) is 3.52. The zero-order chi connectivity index (χ0) is 12.4. The minimum Gasteiger partial charge on any atom is -0.386 e. The largest absolute Gasteiger partial charge is 0.386 e. The molecule has 0 saturated carbocycles. The Kier molecular flexibility index (Phi) is 4.61. The van der Waals surface area contributed by atoms with Crippen LogP contribution in [0.5, 0.6) is 0 Å². The Morgan fingerprint density at radius 1 is 1.22 bits per heavy atom. The minimum atomic E-state index is -0.930. The molecule has 2 rings (SSSR count). The van der Waals surface area contributed by atoms with Crippen molar-refractivity contribution in [3.05, 3.63) is 47.5 Å². The number of halogens is 4. The van der Waals surface area contributed by atoms with Crippen molar-refractivity contribution >= 4 is 18.1 Å². The predicted molar refractivity (Wildman–Crippen MR) is 64.4 cm³/mol. The lowest BCUT2D eigenvalue weighted by Crippen LogP contribution is -2.05. The summed E-state index contributed by atoms with van der Waals surface area (Å²) in [6.45, 7) is -0.0837. The van der Waals surface area contributed by atoms with E-state index in [1.165, 1.54) is 10.9 Å². The highest BCUT2D eigenvalue weighted by atomic mass is 35.5. The third kappa shape index (κ3) is 2.95. The molecule has 0 aliphatic heterocycles. The lowest BCUT2D eigenvalue weighted by atomic mass is 10.2. The molecule has 3 nitrogen and oxygen atoms in total. The number of aromatic nitrogens is 2. The van der Waals surface area contributed by atoms with Crippen LogP contribution in [0.2, 0.25) is 0 Å². The number of nitrogens with zero attached hydrogens (tertiary/aromatic N) is 2. The number of benzene rings is 1. The van der Waals surface area contributed by atoms with E-state index in [1.54, 1.807) is 13.2 Å². The molecule has 0 unspecified atom stereocenters. The van der Waals surface area contributed by atoms with Crippen LogP contribution in [0.25, 0.3) is 0 Å². The van der Waals surface area contributed by atoms with Crippen molar-refractivity contribution in [1.82, 2.24) is 9.78 Å². The monoisotopic (exact) mass is 277 g/mol. The Balaban J connectivity index is 0.00000162. The molecular formula is C11H11ClF3N3. The van der Waals surface area contributed by atoms with Gasteiger partial charge >= 0.3 is 0 Å². The van der Waals surface area contributed by atoms with E-state index < -0.39 is 17.5 Å². The second-order valence-corrected chi connectivity index (χ2v) is 3.52. The molecule has 0 atom stereocenters. The van der Waals surface area contributed by atoms with Crippen LogP contribution in [0.1, 0.15) is 5.56 Å². The van der Waals surface area contributed by atoms with Crippen LogP contribution in [0.3, 0.4) is 0 Å². The van der Waals surface area contributed by atoms with E-state index in [-0.39, 0.29) is 24.5 Å². The second kappa shape index (κ2) is 5.77. The van der Waals surface area contributed by atoms with Crippen LogP contribution in [0.4, 0.5) is 18.9 Å². The van der Waals surface area contributed by atoms with E-state index in [4.69, 9.17) is 0 Å². The topological polar surface area (TPSA) is 29.9 Å². The number of hydrogen-bond acceptors (Lipinski definition) is 2. The Morgan fingerprint density at radius 2 is 1.83 bits per heavy atom. The van der Waals surface area contributed by atoms with Crippen molar-refractivity contribution in [3.8, 4) is 0 Å². The third-order valence-corrected chi connectivity index (χ3v) is 2.35. The first-order valence-corrected chi connectivity index (χ1v) is 4.94. The molecule has 7 heteroatoms. The SMILES string of the molecule is CNc1cnn(Cc2c(F)cc(F)cc2F)c1.Cl. The smallest absolute Gasteiger partial charge is 0.134 e. The molecule has 1 heterocycles. The lowest BCUT2D eigenvalue weighted by molar-refractivity contribution is 0.508. The molecule has 0 saturated heterocycles. The summed E-state index contributed by atoms with van der Waals surface area (Å²) in [5, 5.41) is 6.75. The minimum absolute atomic E-state index is 0. The molecule has 0 radical (unpaired) electrons. The van der Waals surface area contributed by atoms with Crippen LogP contribution in [-0.4, -0.2) is 16.8 Å². The Morgan fingerprint density at radius 3 is 2.33 bits per heavy atom. The summed E-state index contributed by atoms with van der Waals surface area (Å²) in [7, 11) is 1.71. The summed E-state index contributed by atoms with van der Waals surface area (Å²) in [4.78, 5) is 0. The fourth-order valence-corrected chi connectivity index (χ4v) is 1.46. The molecule has 98 valence electrons. The maximum Gasteiger partial charge on any atom is 0.134 e. The molecule has 1 aromatic heterocycles. The zero-order valence-corrected chi connectivity index (χ0v) is 10.3. The normalized spacial score (nSPS) is 10.0. The fraction of sp³-hybridized carbons (Fsp3) is 0.182. The number of nitrogens with one attached hydrogen (secondary N) is 1. The average Bonchev–Trinajstić information content (AvgIpc) is 2.71. The van der Waals surface area contributed by atoms with E-state index in [0.717, 1.165) is 5.69 Å². The molecule has 0 bridgehead atoms. The molecule has 1 N–H and O–H groups in total. The third-order valence-electron chi connectivity index (χ3n) is 2.35. The molecule has 2 aromatic rings. The fourth-order valence-electron chi connectivity index (χ4n) is 1.46. The van der Waals surface area contributed by atoms with Gasteiger partial charge < -0.3 is 5.32 Å². The maximum atomic E-state index is 13.3. The van der Waals surface area contributed by atoms with Crippen molar-refractivity contribution in [3.63, 3.8) is 0 Å². The van der Waals surface area contributed by atoms with E-state index in [2.05, 4.69) is 10.4 Å². The van der Waals surface area contributed by atoms with Gasteiger partial charge in [0.05, 0.1) is 18.4 Å². The van der Waals surface area contributed by atoms with Crippen molar-refractivity contribution in [2.24, 2.45) is 0 Å². The van der Waals surface area contributed by atoms with Gasteiger partial charge in [-0.2, -0.15) is 5.10 Å². The summed E-state index contributed by atoms with van der Waals surface area (Å²) >= 11 is 0. The summed E-state index contributed by atoms with van der Waals surface area (Å²) in [6.07, 6.45) is 3.13. The van der Waals surface area contributed by atoms with Crippen molar-refractivity contribution in [2.75, 3.05) is 12.4 Å². The molecule has 0 amide bonds. The van der Waals surface area contributed by atoms with Crippen molar-refractivity contribution in [2.45, 2.75) is 6.54 Å². The van der Waals surface area contributed by atoms with E-state index in [1.807, 2.05) is 0 Å². The summed E-state index contributed by atoms with van der Waals surface area (Å²) in [5.41, 5.74) is 0.519. The number of hydrogen-bond donors (Lipinski definition) is 1. The number of rotatable bonds is 3. The Bertz CT molecular complexity index is 519. The first kappa shape index (κ1) is 14.4. The summed E-state index contributed by atoms with van der Waals surface area (Å²) < 4.78 is 40.8. The first-order chi connectivity index (χ1) is 8.10. The molecule has 0 spiro atoms. The van der Waals surface area contributed by atoms with Gasteiger partial charge in [-0.3, -0.25) is 4.68 Å². The van der Waals surface area contributed by atoms with E-state index in [9.17, 15) is 13.2 Å². The standard InChI is InChI=1S/C11H10F3N3.ClH/c1-15-8-4-16-17(5-8)6-9-10(13)2-7(12)3-11(9)14;/h2-5,15H,6H2,1H3;1H. The lowest BCUT2D eigenvalue weighted by Gasteiger charge is -2.05. The van der Waals surface area contributed by atoms with Gasteiger partial charge in [-0.15, -0.1) is 12.4 Å². The van der Waals surface area contributed by atoms with Crippen LogP contribution < -0.4 is 5.32 Å². The Hall–Kier alpha value is -1.69. The molecule has 0 fully saturated rings. The van der Waals surface area contributed by atoms with E-state index >= 15 is 0 Å². The van der Waals surface area contributed by atoms with Crippen molar-refractivity contribution in [1.29, 1.82) is 0 Å². The molecule has 0 aliphatic rings. The van der Waals surface area contributed by atoms with Gasteiger partial charge in [0.15, 0.2) is 0 Å². The van der Waals surface area contributed by atoms with Gasteiger partial charge in [-0.1, -0.05) is 0 Å².